The van der Waals surface area contributed by atoms with Gasteiger partial charge in [0, 0.05) is 12.6 Å². The Kier molecular flexibility index (Phi) is 3.56. The zero-order chi connectivity index (χ0) is 11.5. The van der Waals surface area contributed by atoms with E-state index in [1.807, 2.05) is 6.07 Å². The molecule has 2 atom stereocenters. The Morgan fingerprint density at radius 2 is 2.25 bits per heavy atom. The van der Waals surface area contributed by atoms with Gasteiger partial charge in [-0.25, -0.2) is 4.39 Å². The summed E-state index contributed by atoms with van der Waals surface area (Å²) in [5, 5.41) is 3.44. The van der Waals surface area contributed by atoms with Crippen LogP contribution in [0, 0.1) is 11.7 Å². The van der Waals surface area contributed by atoms with E-state index in [0.29, 0.717) is 18.6 Å². The molecule has 88 valence electrons. The second-order valence-corrected chi connectivity index (χ2v) is 4.64. The molecule has 1 fully saturated rings. The van der Waals surface area contributed by atoms with Gasteiger partial charge in [0.05, 0.1) is 12.7 Å². The van der Waals surface area contributed by atoms with Crippen LogP contribution in [0.25, 0.3) is 0 Å². The maximum atomic E-state index is 13.1. The highest BCUT2D eigenvalue weighted by Gasteiger charge is 2.24. The normalized spacial score (nSPS) is 26.0. The number of halogens is 1. The van der Waals surface area contributed by atoms with Crippen LogP contribution in [0.2, 0.25) is 0 Å². The molecular weight excluding hydrogens is 205 g/mol. The van der Waals surface area contributed by atoms with E-state index in [2.05, 4.69) is 19.2 Å². The fourth-order valence-electron chi connectivity index (χ4n) is 1.95. The Hall–Kier alpha value is -0.930. The van der Waals surface area contributed by atoms with Crippen LogP contribution in [0.4, 0.5) is 4.39 Å². The van der Waals surface area contributed by atoms with E-state index < -0.39 is 0 Å². The Morgan fingerprint density at radius 3 is 2.81 bits per heavy atom. The molecule has 2 rings (SSSR count). The molecule has 16 heavy (non-hydrogen) atoms. The van der Waals surface area contributed by atoms with Crippen molar-refractivity contribution in [2.75, 3.05) is 13.2 Å². The molecule has 1 aliphatic rings. The van der Waals surface area contributed by atoms with Gasteiger partial charge >= 0.3 is 0 Å². The Morgan fingerprint density at radius 1 is 1.44 bits per heavy atom. The molecular formula is C13H18FNO. The third-order valence-corrected chi connectivity index (χ3v) is 3.07. The zero-order valence-electron chi connectivity index (χ0n) is 9.74. The maximum Gasteiger partial charge on any atom is 0.123 e. The summed E-state index contributed by atoms with van der Waals surface area (Å²) in [4.78, 5) is 0. The number of benzene rings is 1. The number of hydrogen-bond donors (Lipinski definition) is 1. The number of hydrogen-bond acceptors (Lipinski definition) is 2. The Bertz CT molecular complexity index is 346. The fourth-order valence-corrected chi connectivity index (χ4v) is 1.95. The summed E-state index contributed by atoms with van der Waals surface area (Å²) in [5.41, 5.74) is 0.912. The van der Waals surface area contributed by atoms with E-state index >= 15 is 0 Å². The van der Waals surface area contributed by atoms with Crippen molar-refractivity contribution >= 4 is 0 Å². The van der Waals surface area contributed by atoms with E-state index in [1.54, 1.807) is 12.1 Å². The van der Waals surface area contributed by atoms with Crippen LogP contribution < -0.4 is 5.32 Å². The minimum Gasteiger partial charge on any atom is -0.371 e. The van der Waals surface area contributed by atoms with Crippen molar-refractivity contribution in [3.05, 3.63) is 35.6 Å². The van der Waals surface area contributed by atoms with Crippen LogP contribution in [0.5, 0.6) is 0 Å². The van der Waals surface area contributed by atoms with Crippen molar-refractivity contribution in [2.45, 2.75) is 26.0 Å². The van der Waals surface area contributed by atoms with Gasteiger partial charge in [-0.1, -0.05) is 26.0 Å². The van der Waals surface area contributed by atoms with E-state index in [4.69, 9.17) is 4.74 Å². The minimum atomic E-state index is -0.202. The molecule has 1 saturated heterocycles. The van der Waals surface area contributed by atoms with Crippen LogP contribution >= 0.6 is 0 Å². The maximum absolute atomic E-state index is 13.1. The fraction of sp³-hybridized carbons (Fsp3) is 0.538. The third-order valence-electron chi connectivity index (χ3n) is 3.07. The molecule has 1 N–H and O–H groups in total. The van der Waals surface area contributed by atoms with Crippen LogP contribution in [0.1, 0.15) is 25.5 Å². The van der Waals surface area contributed by atoms with Crippen LogP contribution in [-0.2, 0) is 4.74 Å². The van der Waals surface area contributed by atoms with Gasteiger partial charge in [-0.2, -0.15) is 0 Å². The van der Waals surface area contributed by atoms with Crippen molar-refractivity contribution in [2.24, 2.45) is 5.92 Å². The number of morpholine rings is 1. The second kappa shape index (κ2) is 4.93. The van der Waals surface area contributed by atoms with Gasteiger partial charge in [0.1, 0.15) is 5.82 Å². The van der Waals surface area contributed by atoms with Crippen molar-refractivity contribution < 1.29 is 9.13 Å². The lowest BCUT2D eigenvalue weighted by atomic mass is 10.0. The van der Waals surface area contributed by atoms with E-state index in [0.717, 1.165) is 12.1 Å². The SMILES string of the molecule is CC(C)C1COC(c2cccc(F)c2)CN1. The highest BCUT2D eigenvalue weighted by atomic mass is 19.1. The first kappa shape index (κ1) is 11.6. The number of rotatable bonds is 2. The monoisotopic (exact) mass is 223 g/mol. The smallest absolute Gasteiger partial charge is 0.123 e. The summed E-state index contributed by atoms with van der Waals surface area (Å²) in [5.74, 6) is 0.362. The van der Waals surface area contributed by atoms with E-state index in [9.17, 15) is 4.39 Å². The molecule has 2 nitrogen and oxygen atoms in total. The first-order valence-electron chi connectivity index (χ1n) is 5.77. The Labute approximate surface area is 95.8 Å². The largest absolute Gasteiger partial charge is 0.371 e. The first-order chi connectivity index (χ1) is 7.66. The summed E-state index contributed by atoms with van der Waals surface area (Å²) < 4.78 is 18.8. The predicted molar refractivity (Wildman–Crippen MR) is 61.7 cm³/mol. The summed E-state index contributed by atoms with van der Waals surface area (Å²) in [7, 11) is 0. The lowest BCUT2D eigenvalue weighted by Crippen LogP contribution is -2.45. The minimum absolute atomic E-state index is 0.0225. The predicted octanol–water partition coefficient (Wildman–Crippen LogP) is 2.51. The third kappa shape index (κ3) is 2.60. The van der Waals surface area contributed by atoms with Crippen molar-refractivity contribution in [1.82, 2.24) is 5.32 Å². The number of ether oxygens (including phenoxy) is 1. The van der Waals surface area contributed by atoms with Gasteiger partial charge in [0.15, 0.2) is 0 Å². The summed E-state index contributed by atoms with van der Waals surface area (Å²) in [6.07, 6.45) is -0.0225. The van der Waals surface area contributed by atoms with E-state index in [1.165, 1.54) is 6.07 Å². The second-order valence-electron chi connectivity index (χ2n) is 4.64. The van der Waals surface area contributed by atoms with Crippen LogP contribution in [0.15, 0.2) is 24.3 Å². The van der Waals surface area contributed by atoms with Crippen molar-refractivity contribution in [3.8, 4) is 0 Å². The van der Waals surface area contributed by atoms with Crippen molar-refractivity contribution in [1.29, 1.82) is 0 Å². The van der Waals surface area contributed by atoms with Gasteiger partial charge in [-0.15, -0.1) is 0 Å². The average molecular weight is 223 g/mol. The summed E-state index contributed by atoms with van der Waals surface area (Å²) >= 11 is 0. The van der Waals surface area contributed by atoms with Gasteiger partial charge in [0.25, 0.3) is 0 Å². The summed E-state index contributed by atoms with van der Waals surface area (Å²) in [6.45, 7) is 5.79. The molecule has 0 spiro atoms. The van der Waals surface area contributed by atoms with Gasteiger partial charge in [-0.05, 0) is 23.6 Å². The molecule has 1 aliphatic heterocycles. The molecule has 0 bridgehead atoms. The standard InChI is InChI=1S/C13H18FNO/c1-9(2)12-8-16-13(7-15-12)10-4-3-5-11(14)6-10/h3-6,9,12-13,15H,7-8H2,1-2H3. The topological polar surface area (TPSA) is 21.3 Å². The molecule has 1 heterocycles. The number of nitrogens with one attached hydrogen (secondary N) is 1. The molecule has 3 heteroatoms. The summed E-state index contributed by atoms with van der Waals surface area (Å²) in [6, 6.07) is 7.04. The molecule has 2 unspecified atom stereocenters. The highest BCUT2D eigenvalue weighted by Crippen LogP contribution is 2.22. The zero-order valence-corrected chi connectivity index (χ0v) is 9.74. The van der Waals surface area contributed by atoms with Gasteiger partial charge in [-0.3, -0.25) is 0 Å². The molecule has 1 aromatic carbocycles. The highest BCUT2D eigenvalue weighted by molar-refractivity contribution is 5.19. The molecule has 0 saturated carbocycles. The first-order valence-corrected chi connectivity index (χ1v) is 5.77. The lowest BCUT2D eigenvalue weighted by molar-refractivity contribution is -0.00724. The molecule has 0 aromatic heterocycles. The van der Waals surface area contributed by atoms with Gasteiger partial charge in [0.2, 0.25) is 0 Å². The van der Waals surface area contributed by atoms with Crippen molar-refractivity contribution in [3.63, 3.8) is 0 Å². The molecule has 1 aromatic rings. The van der Waals surface area contributed by atoms with Gasteiger partial charge < -0.3 is 10.1 Å². The van der Waals surface area contributed by atoms with Crippen LogP contribution in [0.3, 0.4) is 0 Å². The van der Waals surface area contributed by atoms with E-state index in [-0.39, 0.29) is 11.9 Å². The average Bonchev–Trinajstić information content (AvgIpc) is 2.29. The molecule has 0 radical (unpaired) electrons. The quantitative estimate of drug-likeness (QED) is 0.831. The Balaban J connectivity index is 1.99. The molecule has 0 amide bonds. The lowest BCUT2D eigenvalue weighted by Gasteiger charge is -2.32. The molecule has 0 aliphatic carbocycles. The van der Waals surface area contributed by atoms with Crippen LogP contribution in [-0.4, -0.2) is 19.2 Å².